The Hall–Kier alpha value is -2.50. The first-order valence-corrected chi connectivity index (χ1v) is 9.85. The van der Waals surface area contributed by atoms with Gasteiger partial charge < -0.3 is 15.0 Å². The van der Waals surface area contributed by atoms with E-state index in [0.29, 0.717) is 5.92 Å². The van der Waals surface area contributed by atoms with Gasteiger partial charge >= 0.3 is 0 Å². The Bertz CT molecular complexity index is 755. The van der Waals surface area contributed by atoms with Gasteiger partial charge in [0.15, 0.2) is 5.96 Å². The molecule has 0 aliphatic carbocycles. The van der Waals surface area contributed by atoms with E-state index in [9.17, 15) is 0 Å². The number of nitrogens with zero attached hydrogens (tertiary/aromatic N) is 4. The SMILES string of the molecule is CCCCOc1cccc(CNC(=NC)N2CCC(c3cnn(C)c3)C2)c1. The Kier molecular flexibility index (Phi) is 6.74. The molecule has 1 saturated heterocycles. The van der Waals surface area contributed by atoms with Crippen LogP contribution >= 0.6 is 0 Å². The largest absolute Gasteiger partial charge is 0.494 e. The second kappa shape index (κ2) is 9.44. The number of aromatic nitrogens is 2. The number of benzene rings is 1. The van der Waals surface area contributed by atoms with Gasteiger partial charge in [0.2, 0.25) is 0 Å². The van der Waals surface area contributed by atoms with Crippen LogP contribution < -0.4 is 10.1 Å². The summed E-state index contributed by atoms with van der Waals surface area (Å²) in [5.74, 6) is 2.42. The van der Waals surface area contributed by atoms with Gasteiger partial charge in [-0.25, -0.2) is 0 Å². The summed E-state index contributed by atoms with van der Waals surface area (Å²) in [7, 11) is 3.82. The Morgan fingerprint density at radius 3 is 3.04 bits per heavy atom. The summed E-state index contributed by atoms with van der Waals surface area (Å²) in [6.45, 7) is 5.68. The highest BCUT2D eigenvalue weighted by Crippen LogP contribution is 2.26. The van der Waals surface area contributed by atoms with E-state index in [0.717, 1.165) is 57.2 Å². The van der Waals surface area contributed by atoms with Crippen LogP contribution in [-0.4, -0.2) is 47.4 Å². The minimum absolute atomic E-state index is 0.521. The van der Waals surface area contributed by atoms with Crippen molar-refractivity contribution in [1.29, 1.82) is 0 Å². The fourth-order valence-corrected chi connectivity index (χ4v) is 3.47. The van der Waals surface area contributed by atoms with Crippen molar-refractivity contribution in [2.45, 2.75) is 38.6 Å². The van der Waals surface area contributed by atoms with Crippen molar-refractivity contribution >= 4 is 5.96 Å². The highest BCUT2D eigenvalue weighted by Gasteiger charge is 2.26. The van der Waals surface area contributed by atoms with Crippen molar-refractivity contribution in [1.82, 2.24) is 20.0 Å². The van der Waals surface area contributed by atoms with Gasteiger partial charge in [-0.05, 0) is 36.1 Å². The van der Waals surface area contributed by atoms with Crippen LogP contribution in [0.3, 0.4) is 0 Å². The van der Waals surface area contributed by atoms with Gasteiger partial charge in [-0.3, -0.25) is 9.67 Å². The van der Waals surface area contributed by atoms with Crippen LogP contribution in [0, 0.1) is 0 Å². The van der Waals surface area contributed by atoms with Crippen molar-refractivity contribution in [2.75, 3.05) is 26.7 Å². The molecule has 1 aromatic carbocycles. The van der Waals surface area contributed by atoms with Crippen LogP contribution in [0.25, 0.3) is 0 Å². The molecule has 0 spiro atoms. The van der Waals surface area contributed by atoms with Crippen molar-refractivity contribution in [3.63, 3.8) is 0 Å². The summed E-state index contributed by atoms with van der Waals surface area (Å²) in [6.07, 6.45) is 7.46. The molecule has 1 fully saturated rings. The topological polar surface area (TPSA) is 54.7 Å². The summed E-state index contributed by atoms with van der Waals surface area (Å²) in [4.78, 5) is 6.81. The quantitative estimate of drug-likeness (QED) is 0.463. The van der Waals surface area contributed by atoms with Crippen molar-refractivity contribution < 1.29 is 4.74 Å². The van der Waals surface area contributed by atoms with Crippen LogP contribution in [0.1, 0.15) is 43.2 Å². The highest BCUT2D eigenvalue weighted by atomic mass is 16.5. The van der Waals surface area contributed by atoms with E-state index >= 15 is 0 Å². The third kappa shape index (κ3) is 5.25. The van der Waals surface area contributed by atoms with E-state index in [4.69, 9.17) is 4.74 Å². The second-order valence-electron chi connectivity index (χ2n) is 7.13. The van der Waals surface area contributed by atoms with Crippen molar-refractivity contribution in [2.24, 2.45) is 12.0 Å². The lowest BCUT2D eigenvalue weighted by molar-refractivity contribution is 0.309. The van der Waals surface area contributed by atoms with Crippen LogP contribution in [0.4, 0.5) is 0 Å². The lowest BCUT2D eigenvalue weighted by Crippen LogP contribution is -2.39. The monoisotopic (exact) mass is 369 g/mol. The van der Waals surface area contributed by atoms with Gasteiger partial charge in [0.05, 0.1) is 12.8 Å². The summed E-state index contributed by atoms with van der Waals surface area (Å²) >= 11 is 0. The number of guanidine groups is 1. The molecule has 1 aliphatic rings. The zero-order valence-corrected chi connectivity index (χ0v) is 16.7. The molecule has 6 heteroatoms. The molecule has 1 aromatic heterocycles. The normalized spacial score (nSPS) is 17.4. The molecule has 2 heterocycles. The van der Waals surface area contributed by atoms with Gasteiger partial charge in [-0.1, -0.05) is 25.5 Å². The third-order valence-electron chi connectivity index (χ3n) is 5.01. The maximum Gasteiger partial charge on any atom is 0.193 e. The summed E-state index contributed by atoms with van der Waals surface area (Å²) < 4.78 is 7.68. The average molecular weight is 370 g/mol. The van der Waals surface area contributed by atoms with Gasteiger partial charge in [0.1, 0.15) is 5.75 Å². The first-order valence-electron chi connectivity index (χ1n) is 9.85. The molecule has 0 radical (unpaired) electrons. The first kappa shape index (κ1) is 19.3. The zero-order valence-electron chi connectivity index (χ0n) is 16.7. The molecular formula is C21H31N5O. The predicted molar refractivity (Wildman–Crippen MR) is 109 cm³/mol. The Balaban J connectivity index is 1.53. The molecule has 1 unspecified atom stereocenters. The number of unbranched alkanes of at least 4 members (excludes halogenated alkanes) is 1. The molecule has 3 rings (SSSR count). The van der Waals surface area contributed by atoms with E-state index < -0.39 is 0 Å². The molecule has 146 valence electrons. The lowest BCUT2D eigenvalue weighted by atomic mass is 10.0. The number of nitrogens with one attached hydrogen (secondary N) is 1. The maximum atomic E-state index is 5.81. The molecule has 0 bridgehead atoms. The van der Waals surface area contributed by atoms with E-state index in [2.05, 4.69) is 51.6 Å². The van der Waals surface area contributed by atoms with Crippen molar-refractivity contribution in [3.8, 4) is 5.75 Å². The number of aliphatic imine (C=N–C) groups is 1. The molecule has 1 N–H and O–H groups in total. The van der Waals surface area contributed by atoms with Crippen LogP contribution in [0.5, 0.6) is 5.75 Å². The van der Waals surface area contributed by atoms with Crippen LogP contribution in [0.15, 0.2) is 41.7 Å². The fraction of sp³-hybridized carbons (Fsp3) is 0.524. The average Bonchev–Trinajstić information content (AvgIpc) is 3.32. The minimum Gasteiger partial charge on any atom is -0.494 e. The smallest absolute Gasteiger partial charge is 0.193 e. The van der Waals surface area contributed by atoms with Gasteiger partial charge in [0, 0.05) is 45.8 Å². The highest BCUT2D eigenvalue weighted by molar-refractivity contribution is 5.80. The summed E-state index contributed by atoms with van der Waals surface area (Å²) in [5.41, 5.74) is 2.51. The van der Waals surface area contributed by atoms with E-state index in [1.807, 2.05) is 31.0 Å². The second-order valence-corrected chi connectivity index (χ2v) is 7.13. The Morgan fingerprint density at radius 1 is 1.41 bits per heavy atom. The molecule has 1 atom stereocenters. The molecule has 1 aliphatic heterocycles. The van der Waals surface area contributed by atoms with E-state index in [-0.39, 0.29) is 0 Å². The molecule has 0 saturated carbocycles. The standard InChI is InChI=1S/C21H31N5O/c1-4-5-11-27-20-8-6-7-17(12-20)13-23-21(22-2)26-10-9-18(16-26)19-14-24-25(3)15-19/h6-8,12,14-15,18H,4-5,9-11,13,16H2,1-3H3,(H,22,23). The predicted octanol–water partition coefficient (Wildman–Crippen LogP) is 3.16. The number of likely N-dealkylation sites (tertiary alicyclic amines) is 1. The maximum absolute atomic E-state index is 5.81. The minimum atomic E-state index is 0.521. The third-order valence-corrected chi connectivity index (χ3v) is 5.01. The number of hydrogen-bond donors (Lipinski definition) is 1. The molecule has 6 nitrogen and oxygen atoms in total. The lowest BCUT2D eigenvalue weighted by Gasteiger charge is -2.21. The van der Waals surface area contributed by atoms with Crippen LogP contribution in [-0.2, 0) is 13.6 Å². The van der Waals surface area contributed by atoms with Gasteiger partial charge in [-0.15, -0.1) is 0 Å². The molecular weight excluding hydrogens is 338 g/mol. The molecule has 0 amide bonds. The number of ether oxygens (including phenoxy) is 1. The fourth-order valence-electron chi connectivity index (χ4n) is 3.47. The van der Waals surface area contributed by atoms with E-state index in [1.54, 1.807) is 0 Å². The Labute approximate surface area is 162 Å². The molecule has 27 heavy (non-hydrogen) atoms. The number of hydrogen-bond acceptors (Lipinski definition) is 3. The summed E-state index contributed by atoms with van der Waals surface area (Å²) in [6, 6.07) is 8.30. The number of rotatable bonds is 7. The number of aryl methyl sites for hydroxylation is 1. The Morgan fingerprint density at radius 2 is 2.30 bits per heavy atom. The van der Waals surface area contributed by atoms with Gasteiger partial charge in [0.25, 0.3) is 0 Å². The van der Waals surface area contributed by atoms with Gasteiger partial charge in [-0.2, -0.15) is 5.10 Å². The first-order chi connectivity index (χ1) is 13.2. The van der Waals surface area contributed by atoms with Crippen molar-refractivity contribution in [3.05, 3.63) is 47.8 Å². The zero-order chi connectivity index (χ0) is 19.1. The van der Waals surface area contributed by atoms with Crippen LogP contribution in [0.2, 0.25) is 0 Å². The van der Waals surface area contributed by atoms with E-state index in [1.165, 1.54) is 11.1 Å². The molecule has 2 aromatic rings. The summed E-state index contributed by atoms with van der Waals surface area (Å²) in [5, 5.41) is 7.80.